The van der Waals surface area contributed by atoms with E-state index in [1.165, 1.54) is 6.07 Å². The van der Waals surface area contributed by atoms with Gasteiger partial charge < -0.3 is 4.74 Å². The Morgan fingerprint density at radius 2 is 2.15 bits per heavy atom. The van der Waals surface area contributed by atoms with Gasteiger partial charge in [-0.1, -0.05) is 0 Å². The summed E-state index contributed by atoms with van der Waals surface area (Å²) in [5, 5.41) is 10.6. The highest BCUT2D eigenvalue weighted by molar-refractivity contribution is 9.10. The van der Waals surface area contributed by atoms with Crippen LogP contribution in [-0.4, -0.2) is 24.0 Å². The van der Waals surface area contributed by atoms with E-state index in [4.69, 9.17) is 4.74 Å². The second-order valence-corrected chi connectivity index (χ2v) is 4.87. The lowest BCUT2D eigenvalue weighted by molar-refractivity contribution is -0.483. The van der Waals surface area contributed by atoms with Crippen molar-refractivity contribution in [2.24, 2.45) is 0 Å². The van der Waals surface area contributed by atoms with E-state index in [1.807, 2.05) is 0 Å². The van der Waals surface area contributed by atoms with Gasteiger partial charge in [-0.05, 0) is 40.5 Å². The van der Waals surface area contributed by atoms with Crippen molar-refractivity contribution in [3.8, 4) is 0 Å². The predicted molar refractivity (Wildman–Crippen MR) is 69.9 cm³/mol. The molecule has 8 heteroatoms. The minimum Gasteiger partial charge on any atom is -0.466 e. The quantitative estimate of drug-likeness (QED) is 0.342. The van der Waals surface area contributed by atoms with E-state index in [2.05, 4.69) is 15.9 Å². The maximum atomic E-state index is 13.3. The number of hydrogen-bond acceptors (Lipinski definition) is 4. The Bertz CT molecular complexity index is 501. The van der Waals surface area contributed by atoms with Crippen molar-refractivity contribution in [2.45, 2.75) is 19.3 Å². The Kier molecular flexibility index (Phi) is 6.00. The minimum atomic E-state index is -1.13. The number of halogens is 3. The molecule has 0 aliphatic rings. The topological polar surface area (TPSA) is 69.4 Å². The highest BCUT2D eigenvalue weighted by Gasteiger charge is 2.24. The molecule has 0 radical (unpaired) electrons. The molecule has 0 heterocycles. The van der Waals surface area contributed by atoms with Crippen LogP contribution in [0.15, 0.2) is 16.6 Å². The summed E-state index contributed by atoms with van der Waals surface area (Å²) < 4.78 is 31.1. The molecule has 0 amide bonds. The number of benzene rings is 1. The lowest BCUT2D eigenvalue weighted by atomic mass is 9.95. The van der Waals surface area contributed by atoms with Crippen molar-refractivity contribution in [3.05, 3.63) is 43.9 Å². The van der Waals surface area contributed by atoms with Crippen molar-refractivity contribution < 1.29 is 23.2 Å². The van der Waals surface area contributed by atoms with Gasteiger partial charge in [0, 0.05) is 4.92 Å². The van der Waals surface area contributed by atoms with Crippen molar-refractivity contribution in [2.75, 3.05) is 13.2 Å². The number of esters is 1. The summed E-state index contributed by atoms with van der Waals surface area (Å²) in [6.45, 7) is 1.18. The molecule has 0 saturated carbocycles. The van der Waals surface area contributed by atoms with Crippen LogP contribution in [-0.2, 0) is 9.53 Å². The fourth-order valence-corrected chi connectivity index (χ4v) is 2.15. The van der Waals surface area contributed by atoms with E-state index >= 15 is 0 Å². The molecule has 1 aromatic rings. The average molecular weight is 352 g/mol. The van der Waals surface area contributed by atoms with Crippen LogP contribution < -0.4 is 0 Å². The third-order valence-electron chi connectivity index (χ3n) is 2.57. The highest BCUT2D eigenvalue weighted by Crippen LogP contribution is 2.27. The molecule has 1 rings (SSSR count). The summed E-state index contributed by atoms with van der Waals surface area (Å²) in [4.78, 5) is 21.4. The molecule has 0 aliphatic heterocycles. The van der Waals surface area contributed by atoms with E-state index in [1.54, 1.807) is 6.92 Å². The molecular weight excluding hydrogens is 340 g/mol. The van der Waals surface area contributed by atoms with Crippen molar-refractivity contribution >= 4 is 21.9 Å². The van der Waals surface area contributed by atoms with E-state index < -0.39 is 35.0 Å². The summed E-state index contributed by atoms with van der Waals surface area (Å²) in [7, 11) is 0. The minimum absolute atomic E-state index is 0.144. The SMILES string of the molecule is CCOC(=O)CC(C[N+](=O)[O-])c1cc(F)c(F)c(Br)c1. The monoisotopic (exact) mass is 351 g/mol. The summed E-state index contributed by atoms with van der Waals surface area (Å²) in [6.07, 6.45) is -0.271. The van der Waals surface area contributed by atoms with Gasteiger partial charge in [0.15, 0.2) is 11.6 Å². The third-order valence-corrected chi connectivity index (χ3v) is 3.14. The second kappa shape index (κ2) is 7.28. The molecule has 1 aromatic carbocycles. The molecular formula is C12H12BrF2NO4. The molecule has 20 heavy (non-hydrogen) atoms. The van der Waals surface area contributed by atoms with Crippen LogP contribution in [0, 0.1) is 21.7 Å². The third kappa shape index (κ3) is 4.52. The van der Waals surface area contributed by atoms with Gasteiger partial charge in [0.25, 0.3) is 0 Å². The molecule has 5 nitrogen and oxygen atoms in total. The zero-order chi connectivity index (χ0) is 15.3. The van der Waals surface area contributed by atoms with E-state index in [0.29, 0.717) is 0 Å². The predicted octanol–water partition coefficient (Wildman–Crippen LogP) is 3.04. The summed E-state index contributed by atoms with van der Waals surface area (Å²) in [5.41, 5.74) is 0.167. The number of carbonyl (C=O) groups excluding carboxylic acids is 1. The number of nitro groups is 1. The standard InChI is InChI=1S/C12H12BrF2NO4/c1-2-20-11(17)5-8(6-16(18)19)7-3-9(13)12(15)10(14)4-7/h3-4,8H,2,5-6H2,1H3. The van der Waals surface area contributed by atoms with Gasteiger partial charge in [-0.15, -0.1) is 0 Å². The molecule has 1 atom stereocenters. The smallest absolute Gasteiger partial charge is 0.306 e. The number of carbonyl (C=O) groups is 1. The molecule has 0 spiro atoms. The summed E-state index contributed by atoms with van der Waals surface area (Å²) in [5.74, 6) is -3.72. The number of hydrogen-bond donors (Lipinski definition) is 0. The molecule has 1 unspecified atom stereocenters. The van der Waals surface area contributed by atoms with Crippen LogP contribution >= 0.6 is 15.9 Å². The maximum absolute atomic E-state index is 13.3. The van der Waals surface area contributed by atoms with Crippen LogP contribution in [0.2, 0.25) is 0 Å². The van der Waals surface area contributed by atoms with Crippen LogP contribution in [0.3, 0.4) is 0 Å². The Balaban J connectivity index is 3.04. The van der Waals surface area contributed by atoms with Gasteiger partial charge in [-0.2, -0.15) is 0 Å². The number of ether oxygens (including phenoxy) is 1. The Hall–Kier alpha value is -1.57. The first-order chi connectivity index (χ1) is 9.35. The first-order valence-corrected chi connectivity index (χ1v) is 6.56. The number of nitrogens with zero attached hydrogens (tertiary/aromatic N) is 1. The van der Waals surface area contributed by atoms with Gasteiger partial charge >= 0.3 is 5.97 Å². The van der Waals surface area contributed by atoms with Crippen molar-refractivity contribution in [3.63, 3.8) is 0 Å². The summed E-state index contributed by atoms with van der Waals surface area (Å²) >= 11 is 2.83. The first kappa shape index (κ1) is 16.5. The van der Waals surface area contributed by atoms with Crippen LogP contribution in [0.25, 0.3) is 0 Å². The van der Waals surface area contributed by atoms with Gasteiger partial charge in [0.1, 0.15) is 0 Å². The molecule has 0 fully saturated rings. The molecule has 0 aromatic heterocycles. The van der Waals surface area contributed by atoms with E-state index in [0.717, 1.165) is 6.07 Å². The largest absolute Gasteiger partial charge is 0.466 e. The fraction of sp³-hybridized carbons (Fsp3) is 0.417. The van der Waals surface area contributed by atoms with Crippen LogP contribution in [0.4, 0.5) is 8.78 Å². The highest BCUT2D eigenvalue weighted by atomic mass is 79.9. The van der Waals surface area contributed by atoms with Gasteiger partial charge in [0.2, 0.25) is 6.54 Å². The average Bonchev–Trinajstić information content (AvgIpc) is 2.34. The summed E-state index contributed by atoms with van der Waals surface area (Å²) in [6, 6.07) is 2.08. The van der Waals surface area contributed by atoms with E-state index in [-0.39, 0.29) is 23.1 Å². The van der Waals surface area contributed by atoms with Crippen LogP contribution in [0.1, 0.15) is 24.8 Å². The Morgan fingerprint density at radius 3 is 2.65 bits per heavy atom. The van der Waals surface area contributed by atoms with Crippen molar-refractivity contribution in [1.29, 1.82) is 0 Å². The van der Waals surface area contributed by atoms with Crippen LogP contribution in [0.5, 0.6) is 0 Å². The Labute approximate surface area is 122 Å². The lowest BCUT2D eigenvalue weighted by Gasteiger charge is -2.13. The van der Waals surface area contributed by atoms with Gasteiger partial charge in [-0.3, -0.25) is 14.9 Å². The zero-order valence-corrected chi connectivity index (χ0v) is 12.2. The maximum Gasteiger partial charge on any atom is 0.306 e. The molecule has 0 aliphatic carbocycles. The normalized spacial score (nSPS) is 12.0. The van der Waals surface area contributed by atoms with Gasteiger partial charge in [0.05, 0.1) is 23.4 Å². The first-order valence-electron chi connectivity index (χ1n) is 5.77. The molecule has 110 valence electrons. The van der Waals surface area contributed by atoms with E-state index in [9.17, 15) is 23.7 Å². The molecule has 0 N–H and O–H groups in total. The van der Waals surface area contributed by atoms with Crippen molar-refractivity contribution in [1.82, 2.24) is 0 Å². The fourth-order valence-electron chi connectivity index (χ4n) is 1.70. The zero-order valence-electron chi connectivity index (χ0n) is 10.6. The molecule has 0 saturated heterocycles. The lowest BCUT2D eigenvalue weighted by Crippen LogP contribution is -2.18. The second-order valence-electron chi connectivity index (χ2n) is 4.02. The van der Waals surface area contributed by atoms with Gasteiger partial charge in [-0.25, -0.2) is 8.78 Å². The number of rotatable bonds is 6. The molecule has 0 bridgehead atoms. The Morgan fingerprint density at radius 1 is 1.50 bits per heavy atom.